The Balaban J connectivity index is 2.36. The Kier molecular flexibility index (Phi) is 2.19. The lowest BCUT2D eigenvalue weighted by atomic mass is 9.95. The Labute approximate surface area is 77.2 Å². The maximum Gasteiger partial charge on any atom is 0.250 e. The van der Waals surface area contributed by atoms with E-state index < -0.39 is 0 Å². The quantitative estimate of drug-likeness (QED) is 0.675. The second-order valence-electron chi connectivity index (χ2n) is 3.60. The van der Waals surface area contributed by atoms with Crippen LogP contribution in [0, 0.1) is 5.92 Å². The molecule has 1 aromatic heterocycles. The summed E-state index contributed by atoms with van der Waals surface area (Å²) in [7, 11) is 0. The van der Waals surface area contributed by atoms with E-state index in [9.17, 15) is 4.79 Å². The molecule has 70 valence electrons. The van der Waals surface area contributed by atoms with Crippen LogP contribution in [0.1, 0.15) is 12.1 Å². The van der Waals surface area contributed by atoms with Crippen molar-refractivity contribution in [3.05, 3.63) is 34.2 Å². The zero-order chi connectivity index (χ0) is 9.26. The molecule has 2 heterocycles. The Morgan fingerprint density at radius 3 is 3.15 bits per heavy atom. The van der Waals surface area contributed by atoms with E-state index in [0.717, 1.165) is 31.6 Å². The van der Waals surface area contributed by atoms with Crippen molar-refractivity contribution in [2.24, 2.45) is 11.7 Å². The van der Waals surface area contributed by atoms with E-state index in [2.05, 4.69) is 0 Å². The van der Waals surface area contributed by atoms with Gasteiger partial charge in [-0.2, -0.15) is 0 Å². The van der Waals surface area contributed by atoms with Gasteiger partial charge < -0.3 is 10.3 Å². The van der Waals surface area contributed by atoms with E-state index in [1.165, 1.54) is 0 Å². The highest BCUT2D eigenvalue weighted by atomic mass is 16.1. The zero-order valence-corrected chi connectivity index (χ0v) is 7.57. The Bertz CT molecular complexity index is 356. The summed E-state index contributed by atoms with van der Waals surface area (Å²) in [6, 6.07) is 5.46. The molecule has 1 aliphatic heterocycles. The van der Waals surface area contributed by atoms with Crippen molar-refractivity contribution in [2.75, 3.05) is 6.54 Å². The highest BCUT2D eigenvalue weighted by molar-refractivity contribution is 5.09. The first-order valence-electron chi connectivity index (χ1n) is 4.70. The summed E-state index contributed by atoms with van der Waals surface area (Å²) < 4.78 is 1.85. The summed E-state index contributed by atoms with van der Waals surface area (Å²) >= 11 is 0. The van der Waals surface area contributed by atoms with Crippen molar-refractivity contribution >= 4 is 0 Å². The third kappa shape index (κ3) is 1.52. The van der Waals surface area contributed by atoms with Crippen LogP contribution in [0.2, 0.25) is 0 Å². The second kappa shape index (κ2) is 3.34. The van der Waals surface area contributed by atoms with Gasteiger partial charge in [-0.05, 0) is 31.4 Å². The molecule has 2 N–H and O–H groups in total. The van der Waals surface area contributed by atoms with Crippen molar-refractivity contribution in [1.82, 2.24) is 4.57 Å². The largest absolute Gasteiger partial charge is 0.330 e. The average molecular weight is 178 g/mol. The lowest BCUT2D eigenvalue weighted by molar-refractivity contribution is 0.387. The fourth-order valence-electron chi connectivity index (χ4n) is 1.91. The van der Waals surface area contributed by atoms with Crippen LogP contribution in [0.5, 0.6) is 0 Å². The molecule has 0 saturated heterocycles. The number of nitrogens with two attached hydrogens (primary N) is 1. The van der Waals surface area contributed by atoms with Crippen molar-refractivity contribution in [3.63, 3.8) is 0 Å². The predicted molar refractivity (Wildman–Crippen MR) is 51.6 cm³/mol. The summed E-state index contributed by atoms with van der Waals surface area (Å²) in [4.78, 5) is 11.4. The maximum absolute atomic E-state index is 11.4. The number of pyridine rings is 1. The summed E-state index contributed by atoms with van der Waals surface area (Å²) in [5.41, 5.74) is 6.86. The van der Waals surface area contributed by atoms with Crippen LogP contribution >= 0.6 is 0 Å². The molecular formula is C10H14N2O. The number of hydrogen-bond donors (Lipinski definition) is 1. The zero-order valence-electron chi connectivity index (χ0n) is 7.57. The number of nitrogens with zero attached hydrogens (tertiary/aromatic N) is 1. The van der Waals surface area contributed by atoms with Gasteiger partial charge in [0.25, 0.3) is 5.56 Å². The van der Waals surface area contributed by atoms with E-state index in [0.29, 0.717) is 5.92 Å². The molecule has 1 aromatic rings. The SMILES string of the molecule is NCC1CCn2c(cccc2=O)C1. The molecule has 2 rings (SSSR count). The third-order valence-corrected chi connectivity index (χ3v) is 2.73. The Morgan fingerprint density at radius 1 is 1.54 bits per heavy atom. The molecule has 1 unspecified atom stereocenters. The maximum atomic E-state index is 11.4. The summed E-state index contributed by atoms with van der Waals surface area (Å²) in [5, 5.41) is 0. The normalized spacial score (nSPS) is 21.2. The molecule has 1 aliphatic rings. The molecule has 3 heteroatoms. The molecule has 1 atom stereocenters. The van der Waals surface area contributed by atoms with Crippen molar-refractivity contribution < 1.29 is 0 Å². The first-order chi connectivity index (χ1) is 6.31. The fraction of sp³-hybridized carbons (Fsp3) is 0.500. The highest BCUT2D eigenvalue weighted by Gasteiger charge is 2.16. The monoisotopic (exact) mass is 178 g/mol. The summed E-state index contributed by atoms with van der Waals surface area (Å²) in [6.07, 6.45) is 1.99. The van der Waals surface area contributed by atoms with Crippen molar-refractivity contribution in [3.8, 4) is 0 Å². The molecule has 0 bridgehead atoms. The van der Waals surface area contributed by atoms with Crippen LogP contribution in [0.4, 0.5) is 0 Å². The Hall–Kier alpha value is -1.09. The minimum Gasteiger partial charge on any atom is -0.330 e. The molecule has 0 aromatic carbocycles. The van der Waals surface area contributed by atoms with Crippen LogP contribution in [0.3, 0.4) is 0 Å². The van der Waals surface area contributed by atoms with Crippen molar-refractivity contribution in [1.29, 1.82) is 0 Å². The number of rotatable bonds is 1. The molecular weight excluding hydrogens is 164 g/mol. The van der Waals surface area contributed by atoms with Gasteiger partial charge in [-0.1, -0.05) is 6.07 Å². The second-order valence-corrected chi connectivity index (χ2v) is 3.60. The van der Waals surface area contributed by atoms with Gasteiger partial charge in [-0.25, -0.2) is 0 Å². The van der Waals surface area contributed by atoms with E-state index >= 15 is 0 Å². The molecule has 3 nitrogen and oxygen atoms in total. The van der Waals surface area contributed by atoms with Crippen molar-refractivity contribution in [2.45, 2.75) is 19.4 Å². The van der Waals surface area contributed by atoms with Crippen LogP contribution in [-0.4, -0.2) is 11.1 Å². The fourth-order valence-corrected chi connectivity index (χ4v) is 1.91. The third-order valence-electron chi connectivity index (χ3n) is 2.73. The lowest BCUT2D eigenvalue weighted by Gasteiger charge is -2.24. The predicted octanol–water partition coefficient (Wildman–Crippen LogP) is 0.369. The lowest BCUT2D eigenvalue weighted by Crippen LogP contribution is -2.32. The minimum atomic E-state index is 0.118. The first-order valence-corrected chi connectivity index (χ1v) is 4.70. The first kappa shape index (κ1) is 8.51. The molecule has 0 fully saturated rings. The summed E-state index contributed by atoms with van der Waals surface area (Å²) in [6.45, 7) is 1.56. The van der Waals surface area contributed by atoms with E-state index in [1.807, 2.05) is 16.7 Å². The molecule has 0 amide bonds. The standard InChI is InChI=1S/C10H14N2O/c11-7-8-4-5-12-9(6-8)2-1-3-10(12)13/h1-3,8H,4-7,11H2. The number of aromatic nitrogens is 1. The van der Waals surface area contributed by atoms with Gasteiger partial charge in [0.05, 0.1) is 0 Å². The van der Waals surface area contributed by atoms with Crippen LogP contribution in [0.25, 0.3) is 0 Å². The van der Waals surface area contributed by atoms with Gasteiger partial charge >= 0.3 is 0 Å². The topological polar surface area (TPSA) is 48.0 Å². The smallest absolute Gasteiger partial charge is 0.250 e. The molecule has 0 aliphatic carbocycles. The van der Waals surface area contributed by atoms with E-state index in [1.54, 1.807) is 6.07 Å². The van der Waals surface area contributed by atoms with Gasteiger partial charge in [0.1, 0.15) is 0 Å². The van der Waals surface area contributed by atoms with Crippen LogP contribution < -0.4 is 11.3 Å². The highest BCUT2D eigenvalue weighted by Crippen LogP contribution is 2.16. The molecule has 13 heavy (non-hydrogen) atoms. The molecule has 0 spiro atoms. The van der Waals surface area contributed by atoms with E-state index in [4.69, 9.17) is 5.73 Å². The van der Waals surface area contributed by atoms with Gasteiger partial charge in [0.2, 0.25) is 0 Å². The molecule has 0 saturated carbocycles. The Morgan fingerprint density at radius 2 is 2.38 bits per heavy atom. The minimum absolute atomic E-state index is 0.118. The number of hydrogen-bond acceptors (Lipinski definition) is 2. The van der Waals surface area contributed by atoms with Crippen LogP contribution in [0.15, 0.2) is 23.0 Å². The average Bonchev–Trinajstić information content (AvgIpc) is 2.18. The molecule has 0 radical (unpaired) electrons. The number of fused-ring (bicyclic) bond motifs is 1. The van der Waals surface area contributed by atoms with Gasteiger partial charge in [-0.3, -0.25) is 4.79 Å². The van der Waals surface area contributed by atoms with E-state index in [-0.39, 0.29) is 5.56 Å². The summed E-state index contributed by atoms with van der Waals surface area (Å²) in [5.74, 6) is 0.557. The van der Waals surface area contributed by atoms with Gasteiger partial charge in [0.15, 0.2) is 0 Å². The van der Waals surface area contributed by atoms with Gasteiger partial charge in [-0.15, -0.1) is 0 Å². The van der Waals surface area contributed by atoms with Gasteiger partial charge in [0, 0.05) is 18.3 Å². The van der Waals surface area contributed by atoms with Crippen LogP contribution in [-0.2, 0) is 13.0 Å².